The van der Waals surface area contributed by atoms with Crippen LogP contribution >= 0.6 is 23.1 Å². The van der Waals surface area contributed by atoms with Crippen molar-refractivity contribution in [1.29, 1.82) is 0 Å². The Hall–Kier alpha value is -1.86. The molecule has 0 saturated heterocycles. The van der Waals surface area contributed by atoms with Gasteiger partial charge in [-0.2, -0.15) is 5.10 Å². The molecule has 0 bridgehead atoms. The molecule has 0 spiro atoms. The van der Waals surface area contributed by atoms with E-state index in [2.05, 4.69) is 10.5 Å². The summed E-state index contributed by atoms with van der Waals surface area (Å²) >= 11 is 3.32. The zero-order valence-electron chi connectivity index (χ0n) is 10.1. The fourth-order valence-electron chi connectivity index (χ4n) is 1.43. The predicted molar refractivity (Wildman–Crippen MR) is 80.4 cm³/mol. The van der Waals surface area contributed by atoms with Crippen LogP contribution in [0.25, 0.3) is 0 Å². The number of hydrogen-bond donors (Lipinski definition) is 1. The third-order valence-electron chi connectivity index (χ3n) is 2.30. The number of non-ortho nitro benzene ring substituents is 1. The monoisotopic (exact) mass is 293 g/mol. The first-order valence-electron chi connectivity index (χ1n) is 5.35. The van der Waals surface area contributed by atoms with Crippen molar-refractivity contribution in [1.82, 2.24) is 0 Å². The number of thiophene rings is 1. The summed E-state index contributed by atoms with van der Waals surface area (Å²) < 4.78 is 1.18. The molecule has 19 heavy (non-hydrogen) atoms. The lowest BCUT2D eigenvalue weighted by molar-refractivity contribution is -0.384. The van der Waals surface area contributed by atoms with Crippen LogP contribution in [-0.4, -0.2) is 17.4 Å². The number of hydrogen-bond acceptors (Lipinski definition) is 6. The van der Waals surface area contributed by atoms with Gasteiger partial charge in [0.1, 0.15) is 0 Å². The van der Waals surface area contributed by atoms with Gasteiger partial charge in [0.25, 0.3) is 5.69 Å². The van der Waals surface area contributed by atoms with Crippen molar-refractivity contribution in [3.05, 3.63) is 51.4 Å². The number of benzene rings is 1. The van der Waals surface area contributed by atoms with Crippen LogP contribution in [0.3, 0.4) is 0 Å². The molecule has 7 heteroatoms. The Kier molecular flexibility index (Phi) is 4.53. The third-order valence-corrected chi connectivity index (χ3v) is 4.42. The minimum atomic E-state index is -0.431. The van der Waals surface area contributed by atoms with Crippen molar-refractivity contribution >= 4 is 40.7 Å². The average Bonchev–Trinajstić information content (AvgIpc) is 2.86. The Balaban J connectivity index is 2.06. The first-order chi connectivity index (χ1) is 9.20. The van der Waals surface area contributed by atoms with E-state index in [1.807, 2.05) is 17.7 Å². The molecule has 2 aromatic rings. The normalized spacial score (nSPS) is 10.8. The van der Waals surface area contributed by atoms with E-state index in [9.17, 15) is 10.1 Å². The highest BCUT2D eigenvalue weighted by atomic mass is 32.2. The molecule has 0 radical (unpaired) electrons. The molecule has 2 rings (SSSR count). The van der Waals surface area contributed by atoms with E-state index < -0.39 is 4.92 Å². The lowest BCUT2D eigenvalue weighted by atomic mass is 10.3. The van der Waals surface area contributed by atoms with Gasteiger partial charge in [0.05, 0.1) is 21.0 Å². The van der Waals surface area contributed by atoms with Crippen LogP contribution < -0.4 is 5.43 Å². The molecule has 0 atom stereocenters. The van der Waals surface area contributed by atoms with E-state index in [4.69, 9.17) is 0 Å². The zero-order chi connectivity index (χ0) is 13.7. The van der Waals surface area contributed by atoms with Crippen molar-refractivity contribution in [3.63, 3.8) is 0 Å². The SMILES string of the molecule is CSc1sccc1/C=N/Nc1cccc([N+](=O)[O-])c1. The van der Waals surface area contributed by atoms with E-state index in [0.29, 0.717) is 5.69 Å². The molecule has 1 heterocycles. The Labute approximate surface area is 118 Å². The topological polar surface area (TPSA) is 67.5 Å². The number of anilines is 1. The minimum absolute atomic E-state index is 0.0422. The number of hydrazone groups is 1. The number of nitrogens with zero attached hydrogens (tertiary/aromatic N) is 2. The van der Waals surface area contributed by atoms with Crippen molar-refractivity contribution < 1.29 is 4.92 Å². The highest BCUT2D eigenvalue weighted by molar-refractivity contribution is 8.00. The van der Waals surface area contributed by atoms with Crippen molar-refractivity contribution in [3.8, 4) is 0 Å². The van der Waals surface area contributed by atoms with Gasteiger partial charge < -0.3 is 0 Å². The van der Waals surface area contributed by atoms with Crippen molar-refractivity contribution in [2.45, 2.75) is 4.21 Å². The quantitative estimate of drug-likeness (QED) is 0.394. The second-order valence-electron chi connectivity index (χ2n) is 3.54. The Morgan fingerprint density at radius 3 is 3.05 bits per heavy atom. The summed E-state index contributed by atoms with van der Waals surface area (Å²) in [5, 5.41) is 16.7. The minimum Gasteiger partial charge on any atom is -0.278 e. The van der Waals surface area contributed by atoms with E-state index >= 15 is 0 Å². The molecule has 5 nitrogen and oxygen atoms in total. The van der Waals surface area contributed by atoms with E-state index in [1.165, 1.54) is 16.3 Å². The molecular formula is C12H11N3O2S2. The van der Waals surface area contributed by atoms with Crippen molar-refractivity contribution in [2.75, 3.05) is 11.7 Å². The molecule has 1 N–H and O–H groups in total. The average molecular weight is 293 g/mol. The van der Waals surface area contributed by atoms with Crippen LogP contribution in [-0.2, 0) is 0 Å². The molecule has 0 amide bonds. The Morgan fingerprint density at radius 1 is 1.47 bits per heavy atom. The van der Waals surface area contributed by atoms with Gasteiger partial charge in [0.15, 0.2) is 0 Å². The first-order valence-corrected chi connectivity index (χ1v) is 7.46. The lowest BCUT2D eigenvalue weighted by Crippen LogP contribution is -1.92. The Morgan fingerprint density at radius 2 is 2.32 bits per heavy atom. The van der Waals surface area contributed by atoms with Gasteiger partial charge >= 0.3 is 0 Å². The van der Waals surface area contributed by atoms with E-state index in [1.54, 1.807) is 41.4 Å². The molecule has 0 saturated carbocycles. The molecule has 0 aliphatic rings. The highest BCUT2D eigenvalue weighted by Gasteiger charge is 2.04. The number of rotatable bonds is 5. The smallest absolute Gasteiger partial charge is 0.271 e. The molecule has 1 aromatic heterocycles. The summed E-state index contributed by atoms with van der Waals surface area (Å²) in [6, 6.07) is 8.22. The molecule has 0 aliphatic carbocycles. The van der Waals surface area contributed by atoms with Gasteiger partial charge in [-0.15, -0.1) is 23.1 Å². The standard InChI is InChI=1S/C12H11N3O2S2/c1-18-12-9(5-6-19-12)8-13-14-10-3-2-4-11(7-10)15(16)17/h2-8,14H,1H3/b13-8+. The zero-order valence-corrected chi connectivity index (χ0v) is 11.7. The van der Waals surface area contributed by atoms with Crippen LogP contribution in [0.15, 0.2) is 45.0 Å². The first kappa shape index (κ1) is 13.6. The summed E-state index contributed by atoms with van der Waals surface area (Å²) in [6.45, 7) is 0. The number of nitro benzene ring substituents is 1. The second-order valence-corrected chi connectivity index (χ2v) is 5.54. The van der Waals surface area contributed by atoms with Crippen LogP contribution in [0.2, 0.25) is 0 Å². The molecule has 0 unspecified atom stereocenters. The Bertz CT molecular complexity index is 611. The van der Waals surface area contributed by atoms with Crippen LogP contribution in [0.5, 0.6) is 0 Å². The van der Waals surface area contributed by atoms with Gasteiger partial charge in [-0.25, -0.2) is 0 Å². The number of nitro groups is 1. The summed E-state index contributed by atoms with van der Waals surface area (Å²) in [5.74, 6) is 0. The van der Waals surface area contributed by atoms with E-state index in [0.717, 1.165) is 5.56 Å². The maximum Gasteiger partial charge on any atom is 0.271 e. The molecule has 0 fully saturated rings. The molecular weight excluding hydrogens is 282 g/mol. The fraction of sp³-hybridized carbons (Fsp3) is 0.0833. The van der Waals surface area contributed by atoms with Gasteiger partial charge in [0, 0.05) is 17.7 Å². The maximum atomic E-state index is 10.6. The van der Waals surface area contributed by atoms with Gasteiger partial charge in [0.2, 0.25) is 0 Å². The fourth-order valence-corrected chi connectivity index (χ4v) is 2.94. The second kappa shape index (κ2) is 6.35. The predicted octanol–water partition coefficient (Wildman–Crippen LogP) is 3.82. The van der Waals surface area contributed by atoms with Crippen LogP contribution in [0, 0.1) is 10.1 Å². The lowest BCUT2D eigenvalue weighted by Gasteiger charge is -1.99. The molecule has 0 aliphatic heterocycles. The summed E-state index contributed by atoms with van der Waals surface area (Å²) in [5.41, 5.74) is 4.46. The van der Waals surface area contributed by atoms with Crippen LogP contribution in [0.4, 0.5) is 11.4 Å². The van der Waals surface area contributed by atoms with Crippen LogP contribution in [0.1, 0.15) is 5.56 Å². The summed E-state index contributed by atoms with van der Waals surface area (Å²) in [4.78, 5) is 10.2. The summed E-state index contributed by atoms with van der Waals surface area (Å²) in [6.07, 6.45) is 3.72. The highest BCUT2D eigenvalue weighted by Crippen LogP contribution is 2.25. The number of nitrogens with one attached hydrogen (secondary N) is 1. The number of thioether (sulfide) groups is 1. The molecule has 98 valence electrons. The summed E-state index contributed by atoms with van der Waals surface area (Å²) in [7, 11) is 0. The third kappa shape index (κ3) is 3.55. The van der Waals surface area contributed by atoms with Crippen molar-refractivity contribution in [2.24, 2.45) is 5.10 Å². The van der Waals surface area contributed by atoms with Gasteiger partial charge in [-0.1, -0.05) is 6.07 Å². The largest absolute Gasteiger partial charge is 0.278 e. The van der Waals surface area contributed by atoms with Gasteiger partial charge in [-0.3, -0.25) is 15.5 Å². The maximum absolute atomic E-state index is 10.6. The van der Waals surface area contributed by atoms with Gasteiger partial charge in [-0.05, 0) is 23.8 Å². The molecule has 1 aromatic carbocycles. The van der Waals surface area contributed by atoms with E-state index in [-0.39, 0.29) is 5.69 Å².